The van der Waals surface area contributed by atoms with E-state index >= 15 is 0 Å². The summed E-state index contributed by atoms with van der Waals surface area (Å²) >= 11 is 0. The van der Waals surface area contributed by atoms with Gasteiger partial charge in [-0.25, -0.2) is 13.1 Å². The lowest BCUT2D eigenvalue weighted by atomic mass is 10.2. The number of para-hydroxylation sites is 1. The molecule has 0 radical (unpaired) electrons. The van der Waals surface area contributed by atoms with Gasteiger partial charge in [0.2, 0.25) is 10.0 Å². The number of methoxy groups -OCH3 is 1. The first-order valence-electron chi connectivity index (χ1n) is 7.12. The van der Waals surface area contributed by atoms with Crippen LogP contribution in [-0.2, 0) is 21.2 Å². The number of hydrogen-bond donors (Lipinski definition) is 1. The highest BCUT2D eigenvalue weighted by Crippen LogP contribution is 2.21. The standard InChI is InChI=1S/C15H21N3O3S/c1-4-15-14(17-22(19,20)11-12(2)21-3)10-16-18(15)13-8-6-5-7-9-13/h5-10,12,17H,4,11H2,1-3H3/t12-/m0/s1. The van der Waals surface area contributed by atoms with Crippen molar-refractivity contribution in [1.82, 2.24) is 9.78 Å². The molecule has 1 aromatic heterocycles. The Morgan fingerprint density at radius 2 is 2.00 bits per heavy atom. The highest BCUT2D eigenvalue weighted by atomic mass is 32.2. The molecule has 0 aliphatic heterocycles. The van der Waals surface area contributed by atoms with Crippen molar-refractivity contribution in [3.63, 3.8) is 0 Å². The molecule has 120 valence electrons. The molecule has 0 aliphatic carbocycles. The Kier molecular flexibility index (Phi) is 5.20. The zero-order chi connectivity index (χ0) is 16.2. The Balaban J connectivity index is 2.28. The van der Waals surface area contributed by atoms with Crippen molar-refractivity contribution in [2.24, 2.45) is 0 Å². The van der Waals surface area contributed by atoms with E-state index in [0.29, 0.717) is 12.1 Å². The van der Waals surface area contributed by atoms with Crippen molar-refractivity contribution < 1.29 is 13.2 Å². The molecule has 0 saturated carbocycles. The van der Waals surface area contributed by atoms with Crippen LogP contribution in [-0.4, -0.2) is 37.2 Å². The molecule has 1 atom stereocenters. The molecule has 0 saturated heterocycles. The minimum absolute atomic E-state index is 0.0941. The summed E-state index contributed by atoms with van der Waals surface area (Å²) in [7, 11) is -1.98. The molecule has 0 spiro atoms. The second kappa shape index (κ2) is 6.93. The van der Waals surface area contributed by atoms with Crippen LogP contribution in [0.15, 0.2) is 36.5 Å². The second-order valence-electron chi connectivity index (χ2n) is 5.04. The second-order valence-corrected chi connectivity index (χ2v) is 6.80. The fourth-order valence-electron chi connectivity index (χ4n) is 2.18. The van der Waals surface area contributed by atoms with E-state index in [1.165, 1.54) is 7.11 Å². The van der Waals surface area contributed by atoms with Crippen LogP contribution in [0.4, 0.5) is 5.69 Å². The Labute approximate surface area is 131 Å². The van der Waals surface area contributed by atoms with Crippen LogP contribution < -0.4 is 4.72 Å². The van der Waals surface area contributed by atoms with Crippen molar-refractivity contribution in [3.8, 4) is 5.69 Å². The monoisotopic (exact) mass is 323 g/mol. The van der Waals surface area contributed by atoms with Crippen LogP contribution in [0.5, 0.6) is 0 Å². The SMILES string of the molecule is CCc1c(NS(=O)(=O)C[C@H](C)OC)cnn1-c1ccccc1. The highest BCUT2D eigenvalue weighted by Gasteiger charge is 2.19. The quantitative estimate of drug-likeness (QED) is 0.848. The highest BCUT2D eigenvalue weighted by molar-refractivity contribution is 7.92. The van der Waals surface area contributed by atoms with Crippen LogP contribution >= 0.6 is 0 Å². The van der Waals surface area contributed by atoms with E-state index in [1.54, 1.807) is 17.8 Å². The van der Waals surface area contributed by atoms with E-state index in [0.717, 1.165) is 11.4 Å². The fraction of sp³-hybridized carbons (Fsp3) is 0.400. The molecule has 1 N–H and O–H groups in total. The van der Waals surface area contributed by atoms with E-state index in [-0.39, 0.29) is 11.9 Å². The molecular formula is C15H21N3O3S. The Morgan fingerprint density at radius 3 is 2.59 bits per heavy atom. The summed E-state index contributed by atoms with van der Waals surface area (Å²) < 4.78 is 33.7. The topological polar surface area (TPSA) is 73.2 Å². The molecular weight excluding hydrogens is 302 g/mol. The van der Waals surface area contributed by atoms with E-state index in [4.69, 9.17) is 4.74 Å². The molecule has 0 aliphatic rings. The smallest absolute Gasteiger partial charge is 0.235 e. The number of nitrogens with one attached hydrogen (secondary N) is 1. The van der Waals surface area contributed by atoms with Gasteiger partial charge in [0, 0.05) is 7.11 Å². The van der Waals surface area contributed by atoms with Gasteiger partial charge in [-0.05, 0) is 25.5 Å². The third-order valence-corrected chi connectivity index (χ3v) is 4.77. The lowest BCUT2D eigenvalue weighted by Crippen LogP contribution is -2.25. The lowest BCUT2D eigenvalue weighted by Gasteiger charge is -2.13. The van der Waals surface area contributed by atoms with Crippen LogP contribution in [0, 0.1) is 0 Å². The largest absolute Gasteiger partial charge is 0.381 e. The van der Waals surface area contributed by atoms with Gasteiger partial charge >= 0.3 is 0 Å². The minimum Gasteiger partial charge on any atom is -0.381 e. The number of benzene rings is 1. The fourth-order valence-corrected chi connectivity index (χ4v) is 3.52. The molecule has 1 heterocycles. The van der Waals surface area contributed by atoms with Crippen molar-refractivity contribution in [1.29, 1.82) is 0 Å². The molecule has 22 heavy (non-hydrogen) atoms. The van der Waals surface area contributed by atoms with Crippen molar-refractivity contribution in [3.05, 3.63) is 42.2 Å². The molecule has 0 amide bonds. The van der Waals surface area contributed by atoms with Gasteiger partial charge in [-0.15, -0.1) is 0 Å². The van der Waals surface area contributed by atoms with E-state index in [9.17, 15) is 8.42 Å². The maximum Gasteiger partial charge on any atom is 0.235 e. The lowest BCUT2D eigenvalue weighted by molar-refractivity contribution is 0.136. The molecule has 7 heteroatoms. The van der Waals surface area contributed by atoms with Gasteiger partial charge in [-0.3, -0.25) is 4.72 Å². The normalized spacial score (nSPS) is 13.0. The minimum atomic E-state index is -3.48. The van der Waals surface area contributed by atoms with Crippen LogP contribution in [0.1, 0.15) is 19.5 Å². The molecule has 6 nitrogen and oxygen atoms in total. The maximum atomic E-state index is 12.2. The van der Waals surface area contributed by atoms with Crippen LogP contribution in [0.2, 0.25) is 0 Å². The number of rotatable bonds is 7. The average Bonchev–Trinajstić information content (AvgIpc) is 2.89. The summed E-state index contributed by atoms with van der Waals surface area (Å²) in [6, 6.07) is 9.62. The van der Waals surface area contributed by atoms with Gasteiger partial charge in [0.05, 0.1) is 35.1 Å². The third kappa shape index (κ3) is 3.86. The van der Waals surface area contributed by atoms with Crippen molar-refractivity contribution in [2.45, 2.75) is 26.4 Å². The number of nitrogens with zero attached hydrogens (tertiary/aromatic N) is 2. The maximum absolute atomic E-state index is 12.2. The molecule has 2 aromatic rings. The molecule has 0 unspecified atom stereocenters. The van der Waals surface area contributed by atoms with E-state index in [1.807, 2.05) is 37.3 Å². The van der Waals surface area contributed by atoms with Gasteiger partial charge < -0.3 is 4.74 Å². The van der Waals surface area contributed by atoms with Crippen LogP contribution in [0.25, 0.3) is 5.69 Å². The van der Waals surface area contributed by atoms with Gasteiger partial charge in [-0.2, -0.15) is 5.10 Å². The predicted octanol–water partition coefficient (Wildman–Crippen LogP) is 2.21. The van der Waals surface area contributed by atoms with Gasteiger partial charge in [0.15, 0.2) is 0 Å². The Bertz CT molecular complexity index is 711. The Morgan fingerprint density at radius 1 is 1.32 bits per heavy atom. The molecule has 0 fully saturated rings. The third-order valence-electron chi connectivity index (χ3n) is 3.33. The number of ether oxygens (including phenoxy) is 1. The van der Waals surface area contributed by atoms with Crippen molar-refractivity contribution in [2.75, 3.05) is 17.6 Å². The average molecular weight is 323 g/mol. The van der Waals surface area contributed by atoms with Crippen molar-refractivity contribution >= 4 is 15.7 Å². The first-order chi connectivity index (χ1) is 10.5. The number of anilines is 1. The van der Waals surface area contributed by atoms with Gasteiger partial charge in [0.1, 0.15) is 0 Å². The van der Waals surface area contributed by atoms with Gasteiger partial charge in [0.25, 0.3) is 0 Å². The molecule has 0 bridgehead atoms. The van der Waals surface area contributed by atoms with Gasteiger partial charge in [-0.1, -0.05) is 25.1 Å². The molecule has 1 aromatic carbocycles. The summed E-state index contributed by atoms with van der Waals surface area (Å²) in [5.74, 6) is -0.0941. The summed E-state index contributed by atoms with van der Waals surface area (Å²) in [6.07, 6.45) is 1.83. The molecule has 2 rings (SSSR count). The summed E-state index contributed by atoms with van der Waals surface area (Å²) in [5.41, 5.74) is 2.23. The zero-order valence-corrected chi connectivity index (χ0v) is 13.8. The first kappa shape index (κ1) is 16.5. The number of aromatic nitrogens is 2. The van der Waals surface area contributed by atoms with E-state index < -0.39 is 10.0 Å². The summed E-state index contributed by atoms with van der Waals surface area (Å²) in [6.45, 7) is 3.68. The van der Waals surface area contributed by atoms with E-state index in [2.05, 4.69) is 9.82 Å². The first-order valence-corrected chi connectivity index (χ1v) is 8.77. The number of sulfonamides is 1. The predicted molar refractivity (Wildman–Crippen MR) is 86.8 cm³/mol. The summed E-state index contributed by atoms with van der Waals surface area (Å²) in [5, 5.41) is 4.30. The number of hydrogen-bond acceptors (Lipinski definition) is 4. The zero-order valence-electron chi connectivity index (χ0n) is 13.0. The Hall–Kier alpha value is -1.86. The van der Waals surface area contributed by atoms with Crippen LogP contribution in [0.3, 0.4) is 0 Å². The summed E-state index contributed by atoms with van der Waals surface area (Å²) in [4.78, 5) is 0.